The predicted octanol–water partition coefficient (Wildman–Crippen LogP) is 4.98. The summed E-state index contributed by atoms with van der Waals surface area (Å²) in [5.41, 5.74) is 12.7. The van der Waals surface area contributed by atoms with Gasteiger partial charge in [0.15, 0.2) is 5.78 Å². The fourth-order valence-electron chi connectivity index (χ4n) is 5.48. The molecule has 3 heterocycles. The predicted molar refractivity (Wildman–Crippen MR) is 137 cm³/mol. The van der Waals surface area contributed by atoms with Crippen molar-refractivity contribution in [2.24, 2.45) is 4.99 Å². The monoisotopic (exact) mass is 487 g/mol. The number of carbonyl (C=O) groups excluding carboxylic acids is 1. The highest BCUT2D eigenvalue weighted by atomic mass is 19.3. The van der Waals surface area contributed by atoms with Crippen LogP contribution in [-0.2, 0) is 12.8 Å². The number of Topliss-reactive ketones (excluding diaryl/α,β-unsaturated/α-hetero) is 1. The van der Waals surface area contributed by atoms with Crippen molar-refractivity contribution >= 4 is 29.1 Å². The number of piperidine rings is 1. The molecular weight excluding hydrogens is 460 g/mol. The highest BCUT2D eigenvalue weighted by Gasteiger charge is 2.27. The van der Waals surface area contributed by atoms with E-state index >= 15 is 0 Å². The van der Waals surface area contributed by atoms with Crippen LogP contribution >= 0.6 is 0 Å². The Labute approximate surface area is 208 Å². The van der Waals surface area contributed by atoms with Crippen molar-refractivity contribution < 1.29 is 13.6 Å². The topological polar surface area (TPSA) is 76.5 Å². The Kier molecular flexibility index (Phi) is 5.56. The first kappa shape index (κ1) is 22.8. The van der Waals surface area contributed by atoms with Gasteiger partial charge in [0.05, 0.1) is 28.8 Å². The molecule has 8 heteroatoms. The maximum Gasteiger partial charge on any atom is 0.276 e. The Morgan fingerprint density at radius 1 is 1.08 bits per heavy atom. The van der Waals surface area contributed by atoms with Crippen LogP contribution in [0.15, 0.2) is 53.2 Å². The summed E-state index contributed by atoms with van der Waals surface area (Å²) >= 11 is 0. The van der Waals surface area contributed by atoms with Crippen molar-refractivity contribution in [3.05, 3.63) is 76.0 Å². The molecule has 2 aromatic carbocycles. The number of hydrogen-bond acceptors (Lipinski definition) is 5. The fraction of sp³-hybridized carbons (Fsp3) is 0.321. The van der Waals surface area contributed by atoms with Crippen LogP contribution in [0.4, 0.5) is 20.3 Å². The fourth-order valence-corrected chi connectivity index (χ4v) is 5.48. The summed E-state index contributed by atoms with van der Waals surface area (Å²) in [6.45, 7) is 2.21. The van der Waals surface area contributed by atoms with Crippen LogP contribution in [0.3, 0.4) is 0 Å². The SMILES string of the molecule is CN1CCC(c2ccc3c(c2)C=C(C(=O)c2cnn(-c4ccc5c(c4)CC(C(F)F)=N5)c2N)C3)CC1. The number of hydrogen-bond donors (Lipinski definition) is 1. The van der Waals surface area contributed by atoms with Crippen LogP contribution in [0.5, 0.6) is 0 Å². The number of allylic oxidation sites excluding steroid dienone is 1. The second kappa shape index (κ2) is 8.78. The lowest BCUT2D eigenvalue weighted by molar-refractivity contribution is 0.103. The molecule has 0 radical (unpaired) electrons. The van der Waals surface area contributed by atoms with E-state index in [1.807, 2.05) is 6.08 Å². The molecule has 3 aromatic rings. The zero-order valence-corrected chi connectivity index (χ0v) is 20.0. The summed E-state index contributed by atoms with van der Waals surface area (Å²) in [5, 5.41) is 4.34. The van der Waals surface area contributed by atoms with Gasteiger partial charge < -0.3 is 10.6 Å². The van der Waals surface area contributed by atoms with Gasteiger partial charge in [0.1, 0.15) is 5.82 Å². The number of ketones is 1. The van der Waals surface area contributed by atoms with Crippen LogP contribution in [0.25, 0.3) is 11.8 Å². The van der Waals surface area contributed by atoms with E-state index in [1.165, 1.54) is 16.4 Å². The van der Waals surface area contributed by atoms with Crippen molar-refractivity contribution in [1.82, 2.24) is 14.7 Å². The minimum atomic E-state index is -2.58. The molecule has 2 aliphatic heterocycles. The number of aromatic nitrogens is 2. The first-order chi connectivity index (χ1) is 17.4. The van der Waals surface area contributed by atoms with Gasteiger partial charge >= 0.3 is 0 Å². The molecule has 1 aromatic heterocycles. The van der Waals surface area contributed by atoms with E-state index in [1.54, 1.807) is 18.2 Å². The number of halogens is 2. The van der Waals surface area contributed by atoms with Gasteiger partial charge in [0.2, 0.25) is 0 Å². The first-order valence-corrected chi connectivity index (χ1v) is 12.3. The molecule has 6 nitrogen and oxygen atoms in total. The van der Waals surface area contributed by atoms with Gasteiger partial charge in [0, 0.05) is 18.4 Å². The zero-order chi connectivity index (χ0) is 25.0. The molecule has 3 aliphatic rings. The molecule has 36 heavy (non-hydrogen) atoms. The molecule has 1 aliphatic carbocycles. The molecular formula is C28H27F2N5O. The Hall–Kier alpha value is -3.65. The van der Waals surface area contributed by atoms with E-state index in [0.717, 1.165) is 37.1 Å². The average Bonchev–Trinajstić information content (AvgIpc) is 3.59. The van der Waals surface area contributed by atoms with E-state index in [-0.39, 0.29) is 23.7 Å². The smallest absolute Gasteiger partial charge is 0.276 e. The third-order valence-electron chi connectivity index (χ3n) is 7.61. The third kappa shape index (κ3) is 3.95. The van der Waals surface area contributed by atoms with Gasteiger partial charge in [-0.05, 0) is 85.4 Å². The average molecular weight is 488 g/mol. The Morgan fingerprint density at radius 3 is 2.67 bits per heavy atom. The van der Waals surface area contributed by atoms with Gasteiger partial charge in [-0.3, -0.25) is 9.79 Å². The largest absolute Gasteiger partial charge is 0.383 e. The standard InChI is InChI=1S/C28H27F2N5O/c1-34-8-6-16(7-9-34)17-2-3-18-11-21(12-19(18)10-17)26(36)23-15-32-35(28(23)31)22-4-5-24-20(13-22)14-25(33-24)27(29)30/h2-5,10,12-13,15-16,27H,6-9,11,14,31H2,1H3. The van der Waals surface area contributed by atoms with E-state index in [4.69, 9.17) is 5.73 Å². The number of rotatable bonds is 5. The molecule has 6 rings (SSSR count). The van der Waals surface area contributed by atoms with E-state index in [9.17, 15) is 13.6 Å². The maximum absolute atomic E-state index is 13.4. The number of nitrogens with two attached hydrogens (primary N) is 1. The summed E-state index contributed by atoms with van der Waals surface area (Å²) in [7, 11) is 2.16. The lowest BCUT2D eigenvalue weighted by Crippen LogP contribution is -2.29. The van der Waals surface area contributed by atoms with E-state index in [0.29, 0.717) is 40.4 Å². The maximum atomic E-state index is 13.4. The molecule has 0 amide bonds. The van der Waals surface area contributed by atoms with E-state index in [2.05, 4.69) is 40.2 Å². The normalized spacial score (nSPS) is 17.8. The molecule has 0 spiro atoms. The van der Waals surface area contributed by atoms with Crippen LogP contribution in [0, 0.1) is 0 Å². The molecule has 1 fully saturated rings. The summed E-state index contributed by atoms with van der Waals surface area (Å²) < 4.78 is 27.6. The molecule has 0 bridgehead atoms. The van der Waals surface area contributed by atoms with Crippen molar-refractivity contribution in [3.8, 4) is 5.69 Å². The highest BCUT2D eigenvalue weighted by Crippen LogP contribution is 2.35. The second-order valence-electron chi connectivity index (χ2n) is 9.96. The summed E-state index contributed by atoms with van der Waals surface area (Å²) in [6.07, 6.45) is 3.85. The molecule has 0 atom stereocenters. The van der Waals surface area contributed by atoms with Crippen molar-refractivity contribution in [2.75, 3.05) is 25.9 Å². The molecule has 0 saturated carbocycles. The molecule has 184 valence electrons. The molecule has 0 unspecified atom stereocenters. The summed E-state index contributed by atoms with van der Waals surface area (Å²) in [4.78, 5) is 19.8. The number of fused-ring (bicyclic) bond motifs is 2. The summed E-state index contributed by atoms with van der Waals surface area (Å²) in [6, 6.07) is 11.7. The van der Waals surface area contributed by atoms with Gasteiger partial charge in [-0.1, -0.05) is 18.2 Å². The van der Waals surface area contributed by atoms with Crippen molar-refractivity contribution in [3.63, 3.8) is 0 Å². The number of benzene rings is 2. The lowest BCUT2D eigenvalue weighted by atomic mass is 9.88. The highest BCUT2D eigenvalue weighted by molar-refractivity contribution is 6.15. The van der Waals surface area contributed by atoms with Crippen molar-refractivity contribution in [1.29, 1.82) is 0 Å². The second-order valence-corrected chi connectivity index (χ2v) is 9.96. The molecule has 1 saturated heterocycles. The van der Waals surface area contributed by atoms with Gasteiger partial charge in [-0.25, -0.2) is 13.5 Å². The Morgan fingerprint density at radius 2 is 1.89 bits per heavy atom. The number of likely N-dealkylation sites (tertiary alicyclic amines) is 1. The minimum absolute atomic E-state index is 0.0957. The summed E-state index contributed by atoms with van der Waals surface area (Å²) in [5.74, 6) is 0.653. The molecule has 2 N–H and O–H groups in total. The van der Waals surface area contributed by atoms with Gasteiger partial charge in [-0.15, -0.1) is 0 Å². The number of nitrogens with zero attached hydrogens (tertiary/aromatic N) is 4. The van der Waals surface area contributed by atoms with Crippen LogP contribution in [0.1, 0.15) is 51.4 Å². The Balaban J connectivity index is 1.22. The number of aliphatic imine (C=N–C) groups is 1. The number of carbonyl (C=O) groups is 1. The lowest BCUT2D eigenvalue weighted by Gasteiger charge is -2.29. The first-order valence-electron chi connectivity index (χ1n) is 12.3. The van der Waals surface area contributed by atoms with Gasteiger partial charge in [-0.2, -0.15) is 5.10 Å². The third-order valence-corrected chi connectivity index (χ3v) is 7.61. The van der Waals surface area contributed by atoms with E-state index < -0.39 is 6.43 Å². The minimum Gasteiger partial charge on any atom is -0.383 e. The number of anilines is 1. The van der Waals surface area contributed by atoms with Crippen LogP contribution < -0.4 is 5.73 Å². The van der Waals surface area contributed by atoms with Gasteiger partial charge in [0.25, 0.3) is 6.43 Å². The van der Waals surface area contributed by atoms with Crippen LogP contribution in [0.2, 0.25) is 0 Å². The van der Waals surface area contributed by atoms with Crippen molar-refractivity contribution in [2.45, 2.75) is 38.0 Å². The van der Waals surface area contributed by atoms with Crippen LogP contribution in [-0.4, -0.2) is 52.7 Å². The number of alkyl halides is 2. The quantitative estimate of drug-likeness (QED) is 0.515. The Bertz CT molecular complexity index is 1430. The number of nitrogen functional groups attached to an aromatic ring is 1. The zero-order valence-electron chi connectivity index (χ0n) is 20.0.